The number of hydrogen-bond donors (Lipinski definition) is 3. The van der Waals surface area contributed by atoms with E-state index in [1.165, 1.54) is 0 Å². The van der Waals surface area contributed by atoms with Crippen molar-refractivity contribution >= 4 is 21.7 Å². The summed E-state index contributed by atoms with van der Waals surface area (Å²) in [7, 11) is -1.96. The zero-order valence-electron chi connectivity index (χ0n) is 21.5. The van der Waals surface area contributed by atoms with Gasteiger partial charge in [-0.3, -0.25) is 4.98 Å². The Hall–Kier alpha value is -2.69. The van der Waals surface area contributed by atoms with E-state index >= 15 is 0 Å². The summed E-state index contributed by atoms with van der Waals surface area (Å²) in [5.41, 5.74) is 2.72. The van der Waals surface area contributed by atoms with Crippen LogP contribution >= 0.6 is 0 Å². The molecule has 0 spiro atoms. The lowest BCUT2D eigenvalue weighted by Crippen LogP contribution is -2.41. The molecule has 1 aromatic carbocycles. The lowest BCUT2D eigenvalue weighted by molar-refractivity contribution is 0.180. The Morgan fingerprint density at radius 1 is 1.06 bits per heavy atom. The van der Waals surface area contributed by atoms with Crippen molar-refractivity contribution < 1.29 is 17.9 Å². The molecule has 198 valence electrons. The van der Waals surface area contributed by atoms with Gasteiger partial charge in [-0.2, -0.15) is 0 Å². The summed E-state index contributed by atoms with van der Waals surface area (Å²) in [5, 5.41) is 5.86. The normalized spacial score (nSPS) is 15.0. The molecule has 3 rings (SSSR count). The van der Waals surface area contributed by atoms with Gasteiger partial charge in [-0.1, -0.05) is 13.8 Å². The number of sulfonamides is 1. The summed E-state index contributed by atoms with van der Waals surface area (Å²) in [5.74, 6) is 1.12. The number of aromatic nitrogens is 1. The fraction of sp³-hybridized carbons (Fsp3) is 0.538. The first-order valence-electron chi connectivity index (χ1n) is 12.7. The van der Waals surface area contributed by atoms with Gasteiger partial charge < -0.3 is 20.3 Å². The number of rotatable bonds is 12. The van der Waals surface area contributed by atoms with Gasteiger partial charge in [0, 0.05) is 36.7 Å². The van der Waals surface area contributed by atoms with Gasteiger partial charge in [-0.15, -0.1) is 0 Å². The number of pyridine rings is 1. The van der Waals surface area contributed by atoms with Crippen molar-refractivity contribution in [2.75, 3.05) is 45.2 Å². The number of nitrogens with zero attached hydrogens (tertiary/aromatic N) is 2. The largest absolute Gasteiger partial charge is 0.497 e. The van der Waals surface area contributed by atoms with Gasteiger partial charge in [0.15, 0.2) is 0 Å². The molecule has 0 radical (unpaired) electrons. The molecular formula is C26H39N5O4S. The van der Waals surface area contributed by atoms with E-state index < -0.39 is 10.0 Å². The van der Waals surface area contributed by atoms with Crippen molar-refractivity contribution in [2.24, 2.45) is 5.92 Å². The molecule has 1 saturated heterocycles. The Bertz CT molecular complexity index is 1060. The molecule has 3 N–H and O–H groups in total. The SMILES string of the molecule is CCc1cc(NC(=O)NCCN2CCC(CCNS(=O)(=O)c3ccc(OC)cc3)CC2)cc(CC)n1. The third-order valence-corrected chi connectivity index (χ3v) is 8.03. The quantitative estimate of drug-likeness (QED) is 0.398. The lowest BCUT2D eigenvalue weighted by Gasteiger charge is -2.32. The molecule has 0 unspecified atom stereocenters. The number of anilines is 1. The monoisotopic (exact) mass is 517 g/mol. The molecule has 9 nitrogen and oxygen atoms in total. The Morgan fingerprint density at radius 2 is 1.69 bits per heavy atom. The molecular weight excluding hydrogens is 478 g/mol. The van der Waals surface area contributed by atoms with Crippen molar-refractivity contribution in [1.29, 1.82) is 0 Å². The minimum Gasteiger partial charge on any atom is -0.497 e. The first-order chi connectivity index (χ1) is 17.3. The maximum absolute atomic E-state index is 12.5. The topological polar surface area (TPSA) is 113 Å². The van der Waals surface area contributed by atoms with Gasteiger partial charge in [-0.25, -0.2) is 17.9 Å². The summed E-state index contributed by atoms with van der Waals surface area (Å²) in [4.78, 5) is 19.4. The summed E-state index contributed by atoms with van der Waals surface area (Å²) >= 11 is 0. The summed E-state index contributed by atoms with van der Waals surface area (Å²) in [6.45, 7) is 7.79. The van der Waals surface area contributed by atoms with Crippen molar-refractivity contribution in [3.05, 3.63) is 47.8 Å². The predicted molar refractivity (Wildman–Crippen MR) is 142 cm³/mol. The number of likely N-dealkylation sites (tertiary alicyclic amines) is 1. The molecule has 0 bridgehead atoms. The number of amides is 2. The highest BCUT2D eigenvalue weighted by Crippen LogP contribution is 2.21. The lowest BCUT2D eigenvalue weighted by atomic mass is 9.94. The molecule has 1 aromatic heterocycles. The fourth-order valence-electron chi connectivity index (χ4n) is 4.32. The molecule has 36 heavy (non-hydrogen) atoms. The highest BCUT2D eigenvalue weighted by Gasteiger charge is 2.20. The molecule has 0 saturated carbocycles. The van der Waals surface area contributed by atoms with Crippen LogP contribution in [0, 0.1) is 5.92 Å². The van der Waals surface area contributed by atoms with Crippen LogP contribution in [0.2, 0.25) is 0 Å². The van der Waals surface area contributed by atoms with Crippen LogP contribution in [0.25, 0.3) is 0 Å². The van der Waals surface area contributed by atoms with E-state index in [4.69, 9.17) is 4.74 Å². The average molecular weight is 518 g/mol. The van der Waals surface area contributed by atoms with Crippen molar-refractivity contribution in [1.82, 2.24) is 19.9 Å². The van der Waals surface area contributed by atoms with Gasteiger partial charge in [0.25, 0.3) is 0 Å². The molecule has 1 aliphatic heterocycles. The number of urea groups is 1. The zero-order valence-corrected chi connectivity index (χ0v) is 22.4. The maximum atomic E-state index is 12.5. The van der Waals surface area contributed by atoms with Gasteiger partial charge in [0.1, 0.15) is 5.75 Å². The first-order valence-corrected chi connectivity index (χ1v) is 14.2. The third-order valence-electron chi connectivity index (χ3n) is 6.55. The van der Waals surface area contributed by atoms with Gasteiger partial charge >= 0.3 is 6.03 Å². The van der Waals surface area contributed by atoms with E-state index in [1.54, 1.807) is 31.4 Å². The second-order valence-electron chi connectivity index (χ2n) is 9.07. The van der Waals surface area contributed by atoms with Crippen LogP contribution in [0.5, 0.6) is 5.75 Å². The standard InChI is InChI=1S/C26H39N5O4S/c1-4-21-18-23(19-22(5-2)29-21)30-26(32)27-14-17-31-15-11-20(12-16-31)10-13-28-36(33,34)25-8-6-24(35-3)7-9-25/h6-9,18-20,28H,4-5,10-17H2,1-3H3,(H2,27,29,30,32). The van der Waals surface area contributed by atoms with Crippen molar-refractivity contribution in [2.45, 2.75) is 50.8 Å². The number of aryl methyl sites for hydroxylation is 2. The molecule has 2 aromatic rings. The van der Waals surface area contributed by atoms with E-state index in [2.05, 4.69) is 39.1 Å². The van der Waals surface area contributed by atoms with E-state index in [-0.39, 0.29) is 10.9 Å². The smallest absolute Gasteiger partial charge is 0.319 e. The Balaban J connectivity index is 1.32. The summed E-state index contributed by atoms with van der Waals surface area (Å²) in [6.07, 6.45) is 4.51. The third kappa shape index (κ3) is 8.46. The Morgan fingerprint density at radius 3 is 2.28 bits per heavy atom. The van der Waals surface area contributed by atoms with Gasteiger partial charge in [-0.05, 0) is 87.5 Å². The number of piperidine rings is 1. The highest BCUT2D eigenvalue weighted by molar-refractivity contribution is 7.89. The molecule has 0 aliphatic carbocycles. The molecule has 0 atom stereocenters. The van der Waals surface area contributed by atoms with Crippen molar-refractivity contribution in [3.63, 3.8) is 0 Å². The van der Waals surface area contributed by atoms with E-state index in [0.29, 0.717) is 24.8 Å². The number of hydrogen-bond acceptors (Lipinski definition) is 6. The highest BCUT2D eigenvalue weighted by atomic mass is 32.2. The molecule has 2 amide bonds. The second-order valence-corrected chi connectivity index (χ2v) is 10.8. The number of carbonyl (C=O) groups excluding carboxylic acids is 1. The molecule has 2 heterocycles. The van der Waals surface area contributed by atoms with Crippen LogP contribution in [-0.2, 0) is 22.9 Å². The van der Waals surface area contributed by atoms with Gasteiger partial charge in [0.05, 0.1) is 12.0 Å². The number of ether oxygens (including phenoxy) is 1. The van der Waals surface area contributed by atoms with Crippen LogP contribution in [0.15, 0.2) is 41.3 Å². The molecule has 1 fully saturated rings. The van der Waals surface area contributed by atoms with Crippen LogP contribution in [0.4, 0.5) is 10.5 Å². The Labute approximate surface area is 215 Å². The number of nitrogens with one attached hydrogen (secondary N) is 3. The fourth-order valence-corrected chi connectivity index (χ4v) is 5.37. The summed E-state index contributed by atoms with van der Waals surface area (Å²) in [6, 6.07) is 10.0. The van der Waals surface area contributed by atoms with E-state index in [1.807, 2.05) is 12.1 Å². The van der Waals surface area contributed by atoms with Crippen LogP contribution < -0.4 is 20.1 Å². The second kappa shape index (κ2) is 13.6. The van der Waals surface area contributed by atoms with E-state index in [9.17, 15) is 13.2 Å². The number of methoxy groups -OCH3 is 1. The average Bonchev–Trinajstić information content (AvgIpc) is 2.89. The minimum atomic E-state index is -3.51. The Kier molecular flexibility index (Phi) is 10.5. The van der Waals surface area contributed by atoms with Crippen LogP contribution in [0.1, 0.15) is 44.5 Å². The first kappa shape index (κ1) is 27.9. The predicted octanol–water partition coefficient (Wildman–Crippen LogP) is 3.42. The summed E-state index contributed by atoms with van der Waals surface area (Å²) < 4.78 is 32.7. The number of benzene rings is 1. The molecule has 1 aliphatic rings. The molecule has 10 heteroatoms. The zero-order chi connectivity index (χ0) is 26.0. The van der Waals surface area contributed by atoms with Crippen LogP contribution in [0.3, 0.4) is 0 Å². The van der Waals surface area contributed by atoms with Crippen LogP contribution in [-0.4, -0.2) is 64.2 Å². The van der Waals surface area contributed by atoms with Gasteiger partial charge in [0.2, 0.25) is 10.0 Å². The number of carbonyl (C=O) groups is 1. The van der Waals surface area contributed by atoms with E-state index in [0.717, 1.165) is 68.8 Å². The minimum absolute atomic E-state index is 0.204. The van der Waals surface area contributed by atoms with Crippen molar-refractivity contribution in [3.8, 4) is 5.75 Å². The maximum Gasteiger partial charge on any atom is 0.319 e.